The van der Waals surface area contributed by atoms with Crippen LogP contribution in [0.15, 0.2) is 47.6 Å². The summed E-state index contributed by atoms with van der Waals surface area (Å²) >= 11 is 0. The summed E-state index contributed by atoms with van der Waals surface area (Å²) in [6.45, 7) is 0.187. The first-order valence-corrected chi connectivity index (χ1v) is 6.61. The molecule has 8 nitrogen and oxygen atoms in total. The summed E-state index contributed by atoms with van der Waals surface area (Å²) < 4.78 is 10.4. The fraction of sp³-hybridized carbons (Fsp3) is 0.0667. The van der Waals surface area contributed by atoms with E-state index in [9.17, 15) is 14.9 Å². The minimum absolute atomic E-state index is 0.0783. The number of carbonyl (C=O) groups is 1. The SMILES string of the molecule is O=C(N/N=C\c1ccc2c(c1)OCO2)c1ccc([N+](=O)[O-])cc1. The minimum Gasteiger partial charge on any atom is -0.454 e. The molecule has 1 aliphatic rings. The Balaban J connectivity index is 1.63. The van der Waals surface area contributed by atoms with Gasteiger partial charge < -0.3 is 9.47 Å². The number of amides is 1. The van der Waals surface area contributed by atoms with Crippen LogP contribution in [0.3, 0.4) is 0 Å². The van der Waals surface area contributed by atoms with E-state index in [1.807, 2.05) is 0 Å². The number of rotatable bonds is 4. The lowest BCUT2D eigenvalue weighted by Crippen LogP contribution is -2.17. The zero-order valence-corrected chi connectivity index (χ0v) is 11.8. The summed E-state index contributed by atoms with van der Waals surface area (Å²) in [5, 5.41) is 14.4. The van der Waals surface area contributed by atoms with E-state index in [-0.39, 0.29) is 18.0 Å². The Kier molecular flexibility index (Phi) is 3.88. The number of nitro benzene ring substituents is 1. The summed E-state index contributed by atoms with van der Waals surface area (Å²) in [4.78, 5) is 21.9. The molecule has 1 heterocycles. The average molecular weight is 313 g/mol. The van der Waals surface area contributed by atoms with Crippen LogP contribution in [0.5, 0.6) is 11.5 Å². The quantitative estimate of drug-likeness (QED) is 0.529. The number of benzene rings is 2. The Bertz CT molecular complexity index is 786. The van der Waals surface area contributed by atoms with Crippen LogP contribution in [-0.4, -0.2) is 23.8 Å². The highest BCUT2D eigenvalue weighted by Crippen LogP contribution is 2.31. The summed E-state index contributed by atoms with van der Waals surface area (Å²) in [7, 11) is 0. The van der Waals surface area contributed by atoms with E-state index < -0.39 is 10.8 Å². The molecule has 8 heteroatoms. The van der Waals surface area contributed by atoms with Crippen molar-refractivity contribution in [1.29, 1.82) is 0 Å². The van der Waals surface area contributed by atoms with Gasteiger partial charge in [0.2, 0.25) is 6.79 Å². The molecule has 3 rings (SSSR count). The van der Waals surface area contributed by atoms with Crippen LogP contribution < -0.4 is 14.9 Å². The molecule has 0 saturated heterocycles. The molecule has 23 heavy (non-hydrogen) atoms. The molecular formula is C15H11N3O5. The molecule has 0 radical (unpaired) electrons. The highest BCUT2D eigenvalue weighted by Gasteiger charge is 2.12. The van der Waals surface area contributed by atoms with E-state index in [2.05, 4.69) is 10.5 Å². The zero-order valence-electron chi connectivity index (χ0n) is 11.8. The third-order valence-corrected chi connectivity index (χ3v) is 3.12. The van der Waals surface area contributed by atoms with Crippen LogP contribution in [0, 0.1) is 10.1 Å². The van der Waals surface area contributed by atoms with Gasteiger partial charge in [-0.25, -0.2) is 5.43 Å². The Hall–Kier alpha value is -3.42. The van der Waals surface area contributed by atoms with Gasteiger partial charge in [-0.15, -0.1) is 0 Å². The lowest BCUT2D eigenvalue weighted by Gasteiger charge is -2.00. The number of hydrogen-bond acceptors (Lipinski definition) is 6. The van der Waals surface area contributed by atoms with E-state index in [4.69, 9.17) is 9.47 Å². The van der Waals surface area contributed by atoms with Gasteiger partial charge in [0, 0.05) is 17.7 Å². The molecule has 0 fully saturated rings. The van der Waals surface area contributed by atoms with Crippen molar-refractivity contribution in [3.63, 3.8) is 0 Å². The van der Waals surface area contributed by atoms with Crippen LogP contribution in [-0.2, 0) is 0 Å². The van der Waals surface area contributed by atoms with E-state index in [0.717, 1.165) is 5.56 Å². The van der Waals surface area contributed by atoms with Crippen LogP contribution in [0.4, 0.5) is 5.69 Å². The Morgan fingerprint density at radius 1 is 1.17 bits per heavy atom. The smallest absolute Gasteiger partial charge is 0.271 e. The van der Waals surface area contributed by atoms with Gasteiger partial charge in [0.15, 0.2) is 11.5 Å². The number of nitrogens with zero attached hydrogens (tertiary/aromatic N) is 2. The number of non-ortho nitro benzene ring substituents is 1. The van der Waals surface area contributed by atoms with Crippen LogP contribution >= 0.6 is 0 Å². The van der Waals surface area contributed by atoms with Crippen molar-refractivity contribution < 1.29 is 19.2 Å². The monoisotopic (exact) mass is 313 g/mol. The van der Waals surface area contributed by atoms with Crippen molar-refractivity contribution >= 4 is 17.8 Å². The number of hydrogen-bond donors (Lipinski definition) is 1. The normalized spacial score (nSPS) is 12.3. The molecule has 1 N–H and O–H groups in total. The standard InChI is InChI=1S/C15H11N3O5/c19-15(11-2-4-12(5-3-11)18(20)21)17-16-8-10-1-6-13-14(7-10)23-9-22-13/h1-8H,9H2,(H,17,19)/b16-8-. The van der Waals surface area contributed by atoms with Crippen LogP contribution in [0.25, 0.3) is 0 Å². The maximum absolute atomic E-state index is 11.9. The molecular weight excluding hydrogens is 302 g/mol. The van der Waals surface area contributed by atoms with Gasteiger partial charge in [0.1, 0.15) is 0 Å². The first-order valence-electron chi connectivity index (χ1n) is 6.61. The first-order chi connectivity index (χ1) is 11.1. The number of fused-ring (bicyclic) bond motifs is 1. The first kappa shape index (κ1) is 14.5. The van der Waals surface area contributed by atoms with Gasteiger partial charge >= 0.3 is 0 Å². The second kappa shape index (κ2) is 6.14. The maximum Gasteiger partial charge on any atom is 0.271 e. The molecule has 116 valence electrons. The number of carbonyl (C=O) groups excluding carboxylic acids is 1. The Morgan fingerprint density at radius 3 is 2.65 bits per heavy atom. The number of ether oxygens (including phenoxy) is 2. The molecule has 0 unspecified atom stereocenters. The molecule has 1 aliphatic heterocycles. The maximum atomic E-state index is 11.9. The summed E-state index contributed by atoms with van der Waals surface area (Å²) in [6, 6.07) is 10.5. The molecule has 0 aliphatic carbocycles. The highest BCUT2D eigenvalue weighted by atomic mass is 16.7. The van der Waals surface area contributed by atoms with E-state index in [1.54, 1.807) is 18.2 Å². The fourth-order valence-electron chi connectivity index (χ4n) is 1.96. The third kappa shape index (κ3) is 3.26. The van der Waals surface area contributed by atoms with Crippen molar-refractivity contribution in [3.05, 3.63) is 63.7 Å². The van der Waals surface area contributed by atoms with Crippen molar-refractivity contribution in [2.75, 3.05) is 6.79 Å². The third-order valence-electron chi connectivity index (χ3n) is 3.12. The van der Waals surface area contributed by atoms with Gasteiger partial charge in [-0.3, -0.25) is 14.9 Å². The molecule has 0 bridgehead atoms. The highest BCUT2D eigenvalue weighted by molar-refractivity contribution is 5.95. The summed E-state index contributed by atoms with van der Waals surface area (Å²) in [6.07, 6.45) is 1.46. The van der Waals surface area contributed by atoms with E-state index in [1.165, 1.54) is 30.5 Å². The van der Waals surface area contributed by atoms with Crippen molar-refractivity contribution in [2.24, 2.45) is 5.10 Å². The van der Waals surface area contributed by atoms with Crippen molar-refractivity contribution in [1.82, 2.24) is 5.43 Å². The van der Waals surface area contributed by atoms with Crippen molar-refractivity contribution in [3.8, 4) is 11.5 Å². The predicted molar refractivity (Wildman–Crippen MR) is 80.7 cm³/mol. The van der Waals surface area contributed by atoms with Gasteiger partial charge in [-0.2, -0.15) is 5.10 Å². The van der Waals surface area contributed by atoms with Gasteiger partial charge in [-0.05, 0) is 35.9 Å². The minimum atomic E-state index is -0.528. The second-order valence-corrected chi connectivity index (χ2v) is 4.62. The molecule has 0 aromatic heterocycles. The van der Waals surface area contributed by atoms with Gasteiger partial charge in [-0.1, -0.05) is 0 Å². The molecule has 1 amide bonds. The fourth-order valence-corrected chi connectivity index (χ4v) is 1.96. The van der Waals surface area contributed by atoms with Gasteiger partial charge in [0.05, 0.1) is 11.1 Å². The van der Waals surface area contributed by atoms with E-state index in [0.29, 0.717) is 11.5 Å². The molecule has 0 atom stereocenters. The summed E-state index contributed by atoms with van der Waals surface area (Å²) in [5.74, 6) is 0.824. The lowest BCUT2D eigenvalue weighted by atomic mass is 10.2. The number of hydrazone groups is 1. The number of nitrogens with one attached hydrogen (secondary N) is 1. The number of nitro groups is 1. The lowest BCUT2D eigenvalue weighted by molar-refractivity contribution is -0.384. The zero-order chi connectivity index (χ0) is 16.2. The molecule has 2 aromatic carbocycles. The summed E-state index contributed by atoms with van der Waals surface area (Å²) in [5.41, 5.74) is 3.28. The van der Waals surface area contributed by atoms with E-state index >= 15 is 0 Å². The van der Waals surface area contributed by atoms with Crippen LogP contribution in [0.1, 0.15) is 15.9 Å². The van der Waals surface area contributed by atoms with Crippen molar-refractivity contribution in [2.45, 2.75) is 0 Å². The largest absolute Gasteiger partial charge is 0.454 e. The topological polar surface area (TPSA) is 103 Å². The van der Waals surface area contributed by atoms with Crippen LogP contribution in [0.2, 0.25) is 0 Å². The molecule has 0 spiro atoms. The predicted octanol–water partition coefficient (Wildman–Crippen LogP) is 2.09. The Labute approximate surface area is 130 Å². The molecule has 0 saturated carbocycles. The Morgan fingerprint density at radius 2 is 1.91 bits per heavy atom. The molecule has 2 aromatic rings. The second-order valence-electron chi connectivity index (χ2n) is 4.62. The van der Waals surface area contributed by atoms with Gasteiger partial charge in [0.25, 0.3) is 11.6 Å². The average Bonchev–Trinajstić information content (AvgIpc) is 3.02.